The van der Waals surface area contributed by atoms with Crippen molar-refractivity contribution in [1.82, 2.24) is 4.90 Å². The minimum atomic E-state index is 0.533. The Balaban J connectivity index is 2.07. The van der Waals surface area contributed by atoms with E-state index in [0.717, 1.165) is 11.9 Å². The van der Waals surface area contributed by atoms with Gasteiger partial charge < -0.3 is 0 Å². The summed E-state index contributed by atoms with van der Waals surface area (Å²) in [6.07, 6.45) is 2.49. The van der Waals surface area contributed by atoms with Crippen LogP contribution in [0.2, 0.25) is 0 Å². The van der Waals surface area contributed by atoms with E-state index in [4.69, 9.17) is 0 Å². The fourth-order valence-corrected chi connectivity index (χ4v) is 3.14. The van der Waals surface area contributed by atoms with Crippen molar-refractivity contribution in [3.63, 3.8) is 0 Å². The van der Waals surface area contributed by atoms with Crippen LogP contribution in [0.1, 0.15) is 23.6 Å². The van der Waals surface area contributed by atoms with Gasteiger partial charge in [-0.1, -0.05) is 56.1 Å². The molecule has 1 aliphatic rings. The monoisotopic (exact) mass is 345 g/mol. The highest BCUT2D eigenvalue weighted by Gasteiger charge is 2.25. The van der Waals surface area contributed by atoms with E-state index in [0.29, 0.717) is 10.9 Å². The van der Waals surface area contributed by atoms with Gasteiger partial charge in [-0.15, -0.1) is 0 Å². The first kappa shape index (κ1) is 12.6. The Morgan fingerprint density at radius 3 is 2.94 bits per heavy atom. The third-order valence-electron chi connectivity index (χ3n) is 3.29. The third-order valence-corrected chi connectivity index (χ3v) is 5.55. The Kier molecular flexibility index (Phi) is 4.45. The van der Waals surface area contributed by atoms with Crippen LogP contribution in [0.4, 0.5) is 0 Å². The van der Waals surface area contributed by atoms with Gasteiger partial charge in [0.1, 0.15) is 0 Å². The summed E-state index contributed by atoms with van der Waals surface area (Å²) in [6.45, 7) is 1.09. The second-order valence-corrected chi connectivity index (χ2v) is 6.39. The van der Waals surface area contributed by atoms with E-state index in [2.05, 4.69) is 68.1 Å². The lowest BCUT2D eigenvalue weighted by atomic mass is 10.1. The van der Waals surface area contributed by atoms with Gasteiger partial charge in [-0.3, -0.25) is 4.90 Å². The van der Waals surface area contributed by atoms with Crippen LogP contribution in [0.5, 0.6) is 0 Å². The minimum absolute atomic E-state index is 0.533. The smallest absolute Gasteiger partial charge is 0.0370 e. The molecule has 0 amide bonds. The molecule has 0 spiro atoms. The van der Waals surface area contributed by atoms with Gasteiger partial charge in [0, 0.05) is 22.7 Å². The average molecular weight is 347 g/mol. The van der Waals surface area contributed by atoms with Crippen LogP contribution in [-0.2, 0) is 6.42 Å². The maximum Gasteiger partial charge on any atom is 0.0370 e. The van der Waals surface area contributed by atoms with Gasteiger partial charge >= 0.3 is 0 Å². The molecule has 0 heterocycles. The number of hydrogen-bond donors (Lipinski definition) is 0. The first-order valence-corrected chi connectivity index (χ1v) is 7.74. The zero-order valence-electron chi connectivity index (χ0n) is 9.50. The standard InChI is InChI=1S/C13H17Br2N/c1-16(9-11(15)8-14)13-7-6-10-4-2-3-5-12(10)13/h2-5,11,13H,6-9H2,1H3. The van der Waals surface area contributed by atoms with Crippen molar-refractivity contribution in [3.05, 3.63) is 35.4 Å². The second kappa shape index (κ2) is 5.65. The van der Waals surface area contributed by atoms with E-state index in [1.54, 1.807) is 0 Å². The molecule has 88 valence electrons. The maximum absolute atomic E-state index is 3.68. The highest BCUT2D eigenvalue weighted by molar-refractivity contribution is 9.12. The van der Waals surface area contributed by atoms with E-state index >= 15 is 0 Å². The molecule has 2 rings (SSSR count). The van der Waals surface area contributed by atoms with Gasteiger partial charge in [0.15, 0.2) is 0 Å². The average Bonchev–Trinajstić information content (AvgIpc) is 2.72. The number of halogens is 2. The summed E-state index contributed by atoms with van der Waals surface area (Å²) < 4.78 is 0. The van der Waals surface area contributed by atoms with Crippen molar-refractivity contribution in [3.8, 4) is 0 Å². The summed E-state index contributed by atoms with van der Waals surface area (Å²) in [6, 6.07) is 9.45. The molecule has 0 aromatic heterocycles. The quantitative estimate of drug-likeness (QED) is 0.750. The minimum Gasteiger partial charge on any atom is -0.298 e. The zero-order chi connectivity index (χ0) is 11.5. The molecule has 0 aliphatic heterocycles. The summed E-state index contributed by atoms with van der Waals surface area (Å²) >= 11 is 7.19. The van der Waals surface area contributed by atoms with Crippen LogP contribution in [0.15, 0.2) is 24.3 Å². The highest BCUT2D eigenvalue weighted by Crippen LogP contribution is 2.35. The molecular weight excluding hydrogens is 330 g/mol. The Morgan fingerprint density at radius 1 is 1.44 bits per heavy atom. The number of nitrogens with zero attached hydrogens (tertiary/aromatic N) is 1. The number of fused-ring (bicyclic) bond motifs is 1. The third kappa shape index (κ3) is 2.69. The first-order chi connectivity index (χ1) is 7.72. The molecule has 0 saturated heterocycles. The molecule has 1 aromatic rings. The normalized spacial score (nSPS) is 21.1. The summed E-state index contributed by atoms with van der Waals surface area (Å²) in [7, 11) is 2.23. The number of benzene rings is 1. The molecule has 0 saturated carbocycles. The van der Waals surface area contributed by atoms with E-state index in [1.807, 2.05) is 0 Å². The van der Waals surface area contributed by atoms with Gasteiger partial charge in [0.2, 0.25) is 0 Å². The van der Waals surface area contributed by atoms with E-state index in [-0.39, 0.29) is 0 Å². The van der Waals surface area contributed by atoms with Crippen molar-refractivity contribution in [2.45, 2.75) is 23.7 Å². The molecule has 1 nitrogen and oxygen atoms in total. The topological polar surface area (TPSA) is 3.24 Å². The largest absolute Gasteiger partial charge is 0.298 e. The molecule has 2 unspecified atom stereocenters. The first-order valence-electron chi connectivity index (χ1n) is 5.70. The maximum atomic E-state index is 3.68. The van der Waals surface area contributed by atoms with Crippen LogP contribution < -0.4 is 0 Å². The molecule has 0 N–H and O–H groups in total. The lowest BCUT2D eigenvalue weighted by Gasteiger charge is -2.26. The van der Waals surface area contributed by atoms with Crippen LogP contribution in [-0.4, -0.2) is 28.6 Å². The summed E-state index contributed by atoms with van der Waals surface area (Å²) in [5.74, 6) is 0. The number of aryl methyl sites for hydroxylation is 1. The molecule has 2 atom stereocenters. The van der Waals surface area contributed by atoms with Crippen molar-refractivity contribution < 1.29 is 0 Å². The van der Waals surface area contributed by atoms with Gasteiger partial charge in [0.25, 0.3) is 0 Å². The molecule has 0 bridgehead atoms. The lowest BCUT2D eigenvalue weighted by Crippen LogP contribution is -2.29. The van der Waals surface area contributed by atoms with Crippen LogP contribution >= 0.6 is 31.9 Å². The van der Waals surface area contributed by atoms with Crippen LogP contribution in [0.3, 0.4) is 0 Å². The Bertz CT molecular complexity index is 354. The molecule has 0 fully saturated rings. The highest BCUT2D eigenvalue weighted by atomic mass is 79.9. The van der Waals surface area contributed by atoms with E-state index < -0.39 is 0 Å². The van der Waals surface area contributed by atoms with Crippen molar-refractivity contribution in [1.29, 1.82) is 0 Å². The number of alkyl halides is 2. The summed E-state index contributed by atoms with van der Waals surface area (Å²) in [5.41, 5.74) is 3.06. The molecule has 3 heteroatoms. The Hall–Kier alpha value is 0.140. The van der Waals surface area contributed by atoms with Gasteiger partial charge in [-0.05, 0) is 31.0 Å². The van der Waals surface area contributed by atoms with Crippen LogP contribution in [0, 0.1) is 0 Å². The summed E-state index contributed by atoms with van der Waals surface area (Å²) in [5, 5.41) is 1.01. The van der Waals surface area contributed by atoms with Crippen molar-refractivity contribution in [2.24, 2.45) is 0 Å². The molecular formula is C13H17Br2N. The van der Waals surface area contributed by atoms with E-state index in [9.17, 15) is 0 Å². The van der Waals surface area contributed by atoms with Crippen molar-refractivity contribution >= 4 is 31.9 Å². The van der Waals surface area contributed by atoms with Crippen LogP contribution in [0.25, 0.3) is 0 Å². The predicted octanol–water partition coefficient (Wildman–Crippen LogP) is 3.76. The fourth-order valence-electron chi connectivity index (χ4n) is 2.48. The Labute approximate surface area is 114 Å². The SMILES string of the molecule is CN(CC(Br)CBr)C1CCc2ccccc21. The zero-order valence-corrected chi connectivity index (χ0v) is 12.7. The van der Waals surface area contributed by atoms with Gasteiger partial charge in [-0.25, -0.2) is 0 Å². The van der Waals surface area contributed by atoms with Gasteiger partial charge in [-0.2, -0.15) is 0 Å². The number of rotatable bonds is 4. The summed E-state index contributed by atoms with van der Waals surface area (Å²) in [4.78, 5) is 3.00. The van der Waals surface area contributed by atoms with E-state index in [1.165, 1.54) is 24.0 Å². The number of hydrogen-bond acceptors (Lipinski definition) is 1. The molecule has 0 radical (unpaired) electrons. The fraction of sp³-hybridized carbons (Fsp3) is 0.538. The molecule has 1 aliphatic carbocycles. The predicted molar refractivity (Wildman–Crippen MR) is 76.6 cm³/mol. The Morgan fingerprint density at radius 2 is 2.19 bits per heavy atom. The molecule has 16 heavy (non-hydrogen) atoms. The van der Waals surface area contributed by atoms with Gasteiger partial charge in [0.05, 0.1) is 0 Å². The van der Waals surface area contributed by atoms with Crippen molar-refractivity contribution in [2.75, 3.05) is 18.9 Å². The lowest BCUT2D eigenvalue weighted by molar-refractivity contribution is 0.249. The molecule has 1 aromatic carbocycles. The second-order valence-electron chi connectivity index (χ2n) is 4.44.